The fourth-order valence-corrected chi connectivity index (χ4v) is 0.609. The minimum Gasteiger partial charge on any atom is -0.244 e. The van der Waals surface area contributed by atoms with E-state index in [1.165, 1.54) is 6.92 Å². The van der Waals surface area contributed by atoms with E-state index in [9.17, 15) is 17.6 Å². The van der Waals surface area contributed by atoms with E-state index in [0.717, 1.165) is 0 Å². The van der Waals surface area contributed by atoms with Gasteiger partial charge < -0.3 is 0 Å². The lowest BCUT2D eigenvalue weighted by molar-refractivity contribution is -0.0972. The summed E-state index contributed by atoms with van der Waals surface area (Å²) in [5.74, 6) is -3.63. The van der Waals surface area contributed by atoms with E-state index in [1.54, 1.807) is 0 Å². The lowest BCUT2D eigenvalue weighted by Gasteiger charge is -2.20. The van der Waals surface area contributed by atoms with Crippen LogP contribution in [0.2, 0.25) is 0 Å². The summed E-state index contributed by atoms with van der Waals surface area (Å²) in [4.78, 5) is 0. The van der Waals surface area contributed by atoms with Gasteiger partial charge in [-0.2, -0.15) is 0 Å². The van der Waals surface area contributed by atoms with Crippen molar-refractivity contribution in [1.82, 2.24) is 0 Å². The van der Waals surface area contributed by atoms with E-state index < -0.39 is 24.7 Å². The van der Waals surface area contributed by atoms with Crippen LogP contribution in [-0.2, 0) is 0 Å². The Bertz CT molecular complexity index is 113. The SMILES string of the molecule is [CH2]CC(F)(F)[C@@H](F)C(F)CC. The molecule has 0 spiro atoms. The van der Waals surface area contributed by atoms with Crippen LogP contribution in [-0.4, -0.2) is 18.3 Å². The highest BCUT2D eigenvalue weighted by Gasteiger charge is 2.42. The first-order valence-corrected chi connectivity index (χ1v) is 3.41. The predicted molar refractivity (Wildman–Crippen MR) is 35.0 cm³/mol. The van der Waals surface area contributed by atoms with E-state index in [-0.39, 0.29) is 6.42 Å². The molecular weight excluding hydrogens is 160 g/mol. The lowest BCUT2D eigenvalue weighted by atomic mass is 10.1. The van der Waals surface area contributed by atoms with Gasteiger partial charge in [0, 0.05) is 6.42 Å². The number of rotatable bonds is 4. The van der Waals surface area contributed by atoms with Crippen molar-refractivity contribution < 1.29 is 17.6 Å². The van der Waals surface area contributed by atoms with Gasteiger partial charge in [-0.05, 0) is 13.3 Å². The molecule has 0 heterocycles. The molecule has 11 heavy (non-hydrogen) atoms. The third-order valence-corrected chi connectivity index (χ3v) is 1.44. The molecule has 0 aliphatic carbocycles. The fraction of sp³-hybridized carbons (Fsp3) is 0.857. The van der Waals surface area contributed by atoms with Crippen molar-refractivity contribution in [3.63, 3.8) is 0 Å². The monoisotopic (exact) mass is 171 g/mol. The Morgan fingerprint density at radius 2 is 1.82 bits per heavy atom. The van der Waals surface area contributed by atoms with Gasteiger partial charge in [-0.3, -0.25) is 0 Å². The molecule has 0 N–H and O–H groups in total. The maximum Gasteiger partial charge on any atom is 0.281 e. The third-order valence-electron chi connectivity index (χ3n) is 1.44. The summed E-state index contributed by atoms with van der Waals surface area (Å²) < 4.78 is 49.3. The summed E-state index contributed by atoms with van der Waals surface area (Å²) >= 11 is 0. The van der Waals surface area contributed by atoms with E-state index in [4.69, 9.17) is 0 Å². The Morgan fingerprint density at radius 1 is 1.36 bits per heavy atom. The number of hydrogen-bond donors (Lipinski definition) is 0. The van der Waals surface area contributed by atoms with E-state index in [1.807, 2.05) is 0 Å². The van der Waals surface area contributed by atoms with Gasteiger partial charge in [-0.15, -0.1) is 0 Å². The average molecular weight is 171 g/mol. The molecule has 0 aliphatic heterocycles. The molecule has 0 aliphatic rings. The molecule has 4 heteroatoms. The Labute approximate surface area is 63.6 Å². The van der Waals surface area contributed by atoms with Gasteiger partial charge in [0.25, 0.3) is 5.92 Å². The van der Waals surface area contributed by atoms with Crippen molar-refractivity contribution >= 4 is 0 Å². The van der Waals surface area contributed by atoms with Crippen LogP contribution in [0.5, 0.6) is 0 Å². The zero-order valence-electron chi connectivity index (χ0n) is 6.29. The zero-order chi connectivity index (χ0) is 9.07. The second-order valence-corrected chi connectivity index (χ2v) is 2.34. The molecule has 0 saturated carbocycles. The Hall–Kier alpha value is -0.280. The largest absolute Gasteiger partial charge is 0.281 e. The standard InChI is InChI=1S/C7H11F4/c1-3-5(8)6(9)7(10,11)4-2/h5-6H,2-4H2,1H3/t5?,6-/m0/s1. The quantitative estimate of drug-likeness (QED) is 0.570. The topological polar surface area (TPSA) is 0 Å². The summed E-state index contributed by atoms with van der Waals surface area (Å²) in [7, 11) is 0. The number of alkyl halides is 4. The van der Waals surface area contributed by atoms with Gasteiger partial charge in [-0.25, -0.2) is 17.6 Å². The van der Waals surface area contributed by atoms with Gasteiger partial charge in [-0.1, -0.05) is 6.92 Å². The van der Waals surface area contributed by atoms with Crippen molar-refractivity contribution in [3.8, 4) is 0 Å². The Kier molecular flexibility index (Phi) is 3.83. The fourth-order valence-electron chi connectivity index (χ4n) is 0.609. The lowest BCUT2D eigenvalue weighted by Crippen LogP contribution is -2.36. The molecule has 0 saturated heterocycles. The summed E-state index contributed by atoms with van der Waals surface area (Å²) in [6.07, 6.45) is -5.96. The summed E-state index contributed by atoms with van der Waals surface area (Å²) in [6, 6.07) is 0. The number of halogens is 4. The molecule has 0 aromatic rings. The van der Waals surface area contributed by atoms with Crippen molar-refractivity contribution in [3.05, 3.63) is 6.92 Å². The highest BCUT2D eigenvalue weighted by molar-refractivity contribution is 4.83. The van der Waals surface area contributed by atoms with Gasteiger partial charge in [0.15, 0.2) is 6.17 Å². The maximum absolute atomic E-state index is 12.4. The van der Waals surface area contributed by atoms with Crippen LogP contribution in [0.4, 0.5) is 17.6 Å². The minimum atomic E-state index is -3.63. The molecular formula is C7H11F4. The first kappa shape index (κ1) is 10.7. The number of hydrogen-bond acceptors (Lipinski definition) is 0. The van der Waals surface area contributed by atoms with Crippen LogP contribution >= 0.6 is 0 Å². The molecule has 0 aromatic heterocycles. The van der Waals surface area contributed by atoms with Crippen molar-refractivity contribution in [1.29, 1.82) is 0 Å². The summed E-state index contributed by atoms with van der Waals surface area (Å²) in [5, 5.41) is 0. The molecule has 1 radical (unpaired) electrons. The third kappa shape index (κ3) is 2.67. The molecule has 0 nitrogen and oxygen atoms in total. The second kappa shape index (κ2) is 3.93. The van der Waals surface area contributed by atoms with Gasteiger partial charge in [0.2, 0.25) is 0 Å². The molecule has 0 amide bonds. The van der Waals surface area contributed by atoms with Crippen LogP contribution in [0.25, 0.3) is 0 Å². The zero-order valence-corrected chi connectivity index (χ0v) is 6.29. The van der Waals surface area contributed by atoms with Crippen molar-refractivity contribution in [2.24, 2.45) is 0 Å². The van der Waals surface area contributed by atoms with Crippen LogP contribution in [0.1, 0.15) is 19.8 Å². The van der Waals surface area contributed by atoms with E-state index in [0.29, 0.717) is 0 Å². The second-order valence-electron chi connectivity index (χ2n) is 2.34. The smallest absolute Gasteiger partial charge is 0.244 e. The van der Waals surface area contributed by atoms with Gasteiger partial charge >= 0.3 is 0 Å². The molecule has 67 valence electrons. The first-order chi connectivity index (χ1) is 4.95. The molecule has 2 atom stereocenters. The van der Waals surface area contributed by atoms with Crippen molar-refractivity contribution in [2.45, 2.75) is 38.0 Å². The molecule has 0 rings (SSSR count). The summed E-state index contributed by atoms with van der Waals surface area (Å²) in [6.45, 7) is 4.15. The highest BCUT2D eigenvalue weighted by Crippen LogP contribution is 2.29. The molecule has 0 fully saturated rings. The van der Waals surface area contributed by atoms with Crippen LogP contribution in [0, 0.1) is 6.92 Å². The van der Waals surface area contributed by atoms with Gasteiger partial charge in [0.05, 0.1) is 0 Å². The maximum atomic E-state index is 12.4. The first-order valence-electron chi connectivity index (χ1n) is 3.41. The Morgan fingerprint density at radius 3 is 2.09 bits per heavy atom. The molecule has 1 unspecified atom stereocenters. The average Bonchev–Trinajstić information content (AvgIpc) is 2.01. The van der Waals surface area contributed by atoms with Crippen molar-refractivity contribution in [2.75, 3.05) is 0 Å². The van der Waals surface area contributed by atoms with Crippen LogP contribution in [0.3, 0.4) is 0 Å². The normalized spacial score (nSPS) is 18.0. The molecule has 0 bridgehead atoms. The summed E-state index contributed by atoms with van der Waals surface area (Å²) in [5.41, 5.74) is 0. The van der Waals surface area contributed by atoms with E-state index >= 15 is 0 Å². The molecule has 0 aromatic carbocycles. The predicted octanol–water partition coefficient (Wildman–Crippen LogP) is 2.93. The van der Waals surface area contributed by atoms with Crippen LogP contribution < -0.4 is 0 Å². The van der Waals surface area contributed by atoms with E-state index in [2.05, 4.69) is 6.92 Å². The van der Waals surface area contributed by atoms with Crippen LogP contribution in [0.15, 0.2) is 0 Å². The minimum absolute atomic E-state index is 0.239. The highest BCUT2D eigenvalue weighted by atomic mass is 19.3. The van der Waals surface area contributed by atoms with Gasteiger partial charge in [0.1, 0.15) is 6.17 Å². The Balaban J connectivity index is 4.10.